The lowest BCUT2D eigenvalue weighted by atomic mass is 10.2. The Morgan fingerprint density at radius 1 is 1.16 bits per heavy atom. The molecular formula is C15H15FN2O. The van der Waals surface area contributed by atoms with Crippen LogP contribution in [0.15, 0.2) is 53.7 Å². The third-order valence-electron chi connectivity index (χ3n) is 2.54. The summed E-state index contributed by atoms with van der Waals surface area (Å²) in [5.41, 5.74) is 1.02. The lowest BCUT2D eigenvalue weighted by Gasteiger charge is -2.07. The van der Waals surface area contributed by atoms with Crippen molar-refractivity contribution in [1.82, 2.24) is 4.57 Å². The monoisotopic (exact) mass is 258 g/mol. The number of rotatable bonds is 2. The van der Waals surface area contributed by atoms with Gasteiger partial charge in [0.25, 0.3) is 5.91 Å². The van der Waals surface area contributed by atoms with Crippen molar-refractivity contribution < 1.29 is 9.18 Å². The smallest absolute Gasteiger partial charge is 0.263 e. The number of halogens is 1. The molecule has 0 aliphatic heterocycles. The molecule has 0 N–H and O–H groups in total. The molecule has 0 amide bonds. The Bertz CT molecular complexity index is 642. The van der Waals surface area contributed by atoms with Crippen LogP contribution in [0.2, 0.25) is 0 Å². The Hall–Kier alpha value is -2.23. The molecule has 19 heavy (non-hydrogen) atoms. The van der Waals surface area contributed by atoms with E-state index in [0.717, 1.165) is 0 Å². The molecule has 2 aromatic rings. The highest BCUT2D eigenvalue weighted by Gasteiger charge is 2.08. The van der Waals surface area contributed by atoms with Gasteiger partial charge in [-0.2, -0.15) is 0 Å². The third-order valence-corrected chi connectivity index (χ3v) is 2.54. The second-order valence-electron chi connectivity index (χ2n) is 4.46. The number of hydrogen-bond donors (Lipinski definition) is 0. The number of aromatic nitrogens is 1. The van der Waals surface area contributed by atoms with E-state index >= 15 is 0 Å². The van der Waals surface area contributed by atoms with Gasteiger partial charge < -0.3 is 0 Å². The first-order valence-corrected chi connectivity index (χ1v) is 6.10. The van der Waals surface area contributed by atoms with Crippen LogP contribution in [0, 0.1) is 5.82 Å². The summed E-state index contributed by atoms with van der Waals surface area (Å²) in [7, 11) is 0. The van der Waals surface area contributed by atoms with Crippen LogP contribution >= 0.6 is 0 Å². The van der Waals surface area contributed by atoms with Crippen LogP contribution in [0.25, 0.3) is 0 Å². The molecule has 0 saturated carbocycles. The minimum atomic E-state index is -0.360. The van der Waals surface area contributed by atoms with Gasteiger partial charge in [-0.15, -0.1) is 0 Å². The molecule has 4 heteroatoms. The van der Waals surface area contributed by atoms with E-state index in [9.17, 15) is 9.18 Å². The Balaban J connectivity index is 2.48. The van der Waals surface area contributed by atoms with Gasteiger partial charge in [-0.25, -0.2) is 4.39 Å². The summed E-state index contributed by atoms with van der Waals surface area (Å²) >= 11 is 0. The standard InChI is InChI=1S/C15H15FN2O/c1-11(2)17-14-5-3-4-10-18(14)15(19)12-6-8-13(16)9-7-12/h3-11H,1-2H3. The number of carbonyl (C=O) groups excluding carboxylic acids is 1. The molecule has 0 atom stereocenters. The normalized spacial score (nSPS) is 11.9. The highest BCUT2D eigenvalue weighted by molar-refractivity contribution is 5.95. The zero-order chi connectivity index (χ0) is 13.8. The molecule has 3 nitrogen and oxygen atoms in total. The highest BCUT2D eigenvalue weighted by atomic mass is 19.1. The van der Waals surface area contributed by atoms with E-state index in [0.29, 0.717) is 11.1 Å². The molecule has 0 saturated heterocycles. The van der Waals surface area contributed by atoms with Crippen molar-refractivity contribution in [2.75, 3.05) is 0 Å². The molecular weight excluding hydrogens is 243 g/mol. The van der Waals surface area contributed by atoms with E-state index in [1.54, 1.807) is 18.3 Å². The number of carbonyl (C=O) groups is 1. The summed E-state index contributed by atoms with van der Waals surface area (Å²) in [4.78, 5) is 16.7. The fraction of sp³-hybridized carbons (Fsp3) is 0.200. The molecule has 2 rings (SSSR count). The van der Waals surface area contributed by atoms with Gasteiger partial charge in [0.1, 0.15) is 11.3 Å². The number of benzene rings is 1. The average molecular weight is 258 g/mol. The molecule has 0 fully saturated rings. The minimum absolute atomic E-state index is 0.0923. The minimum Gasteiger partial charge on any atom is -0.268 e. The van der Waals surface area contributed by atoms with Crippen molar-refractivity contribution in [3.8, 4) is 0 Å². The number of hydrogen-bond acceptors (Lipinski definition) is 2. The molecule has 0 unspecified atom stereocenters. The van der Waals surface area contributed by atoms with Crippen LogP contribution in [0.3, 0.4) is 0 Å². The van der Waals surface area contributed by atoms with E-state index in [-0.39, 0.29) is 17.8 Å². The molecule has 0 radical (unpaired) electrons. The predicted octanol–water partition coefficient (Wildman–Crippen LogP) is 2.62. The van der Waals surface area contributed by atoms with Crippen molar-refractivity contribution in [2.45, 2.75) is 19.9 Å². The van der Waals surface area contributed by atoms with E-state index in [1.165, 1.54) is 28.8 Å². The van der Waals surface area contributed by atoms with E-state index in [2.05, 4.69) is 4.99 Å². The van der Waals surface area contributed by atoms with Gasteiger partial charge in [0, 0.05) is 17.8 Å². The molecule has 98 valence electrons. The summed E-state index contributed by atoms with van der Waals surface area (Å²) in [5, 5.41) is 0. The number of nitrogens with zero attached hydrogens (tertiary/aromatic N) is 2. The zero-order valence-electron chi connectivity index (χ0n) is 10.9. The summed E-state index contributed by atoms with van der Waals surface area (Å²) in [5.74, 6) is -0.582. The molecule has 0 spiro atoms. The van der Waals surface area contributed by atoms with Gasteiger partial charge >= 0.3 is 0 Å². The largest absolute Gasteiger partial charge is 0.268 e. The lowest BCUT2D eigenvalue weighted by Crippen LogP contribution is -2.28. The topological polar surface area (TPSA) is 34.4 Å². The van der Waals surface area contributed by atoms with Crippen LogP contribution in [0.5, 0.6) is 0 Å². The summed E-state index contributed by atoms with van der Waals surface area (Å²) in [6.45, 7) is 3.89. The van der Waals surface area contributed by atoms with E-state index < -0.39 is 0 Å². The first-order chi connectivity index (χ1) is 9.08. The Kier molecular flexibility index (Phi) is 3.90. The maximum Gasteiger partial charge on any atom is 0.263 e. The second-order valence-corrected chi connectivity index (χ2v) is 4.46. The van der Waals surface area contributed by atoms with Gasteiger partial charge in [0.15, 0.2) is 0 Å². The quantitative estimate of drug-likeness (QED) is 0.815. The molecule has 0 aliphatic rings. The average Bonchev–Trinajstić information content (AvgIpc) is 2.39. The van der Waals surface area contributed by atoms with Gasteiger partial charge in [-0.05, 0) is 50.2 Å². The van der Waals surface area contributed by atoms with E-state index in [4.69, 9.17) is 0 Å². The lowest BCUT2D eigenvalue weighted by molar-refractivity contribution is 0.0954. The van der Waals surface area contributed by atoms with Crippen LogP contribution < -0.4 is 5.49 Å². The zero-order valence-corrected chi connectivity index (χ0v) is 10.9. The highest BCUT2D eigenvalue weighted by Crippen LogP contribution is 2.04. The van der Waals surface area contributed by atoms with Crippen LogP contribution in [-0.4, -0.2) is 16.5 Å². The maximum atomic E-state index is 12.9. The summed E-state index contributed by atoms with van der Waals surface area (Å²) in [6.07, 6.45) is 1.66. The van der Waals surface area contributed by atoms with Crippen molar-refractivity contribution in [2.24, 2.45) is 4.99 Å². The van der Waals surface area contributed by atoms with Gasteiger partial charge in [-0.3, -0.25) is 14.4 Å². The first-order valence-electron chi connectivity index (χ1n) is 6.10. The van der Waals surface area contributed by atoms with Gasteiger partial charge in [-0.1, -0.05) is 6.07 Å². The van der Waals surface area contributed by atoms with Gasteiger partial charge in [0.05, 0.1) is 0 Å². The van der Waals surface area contributed by atoms with Crippen molar-refractivity contribution in [3.63, 3.8) is 0 Å². The van der Waals surface area contributed by atoms with Crippen molar-refractivity contribution in [3.05, 3.63) is 65.5 Å². The van der Waals surface area contributed by atoms with Crippen molar-refractivity contribution in [1.29, 1.82) is 0 Å². The fourth-order valence-electron chi connectivity index (χ4n) is 1.71. The second kappa shape index (κ2) is 5.61. The van der Waals surface area contributed by atoms with Crippen LogP contribution in [0.4, 0.5) is 4.39 Å². The molecule has 0 bridgehead atoms. The molecule has 0 aliphatic carbocycles. The molecule has 1 aromatic carbocycles. The van der Waals surface area contributed by atoms with Gasteiger partial charge in [0.2, 0.25) is 0 Å². The third kappa shape index (κ3) is 3.16. The SMILES string of the molecule is CC(C)N=c1ccccn1C(=O)c1ccc(F)cc1. The van der Waals surface area contributed by atoms with Crippen molar-refractivity contribution >= 4 is 5.91 Å². The Morgan fingerprint density at radius 2 is 1.84 bits per heavy atom. The molecule has 1 heterocycles. The van der Waals surface area contributed by atoms with E-state index in [1.807, 2.05) is 19.9 Å². The summed E-state index contributed by atoms with van der Waals surface area (Å²) in [6, 6.07) is 11.0. The molecule has 1 aromatic heterocycles. The Labute approximate surface area is 111 Å². The first kappa shape index (κ1) is 13.2. The van der Waals surface area contributed by atoms with Crippen LogP contribution in [-0.2, 0) is 0 Å². The maximum absolute atomic E-state index is 12.9. The van der Waals surface area contributed by atoms with Crippen LogP contribution in [0.1, 0.15) is 24.2 Å². The predicted molar refractivity (Wildman–Crippen MR) is 71.3 cm³/mol. The Morgan fingerprint density at radius 3 is 2.47 bits per heavy atom. The fourth-order valence-corrected chi connectivity index (χ4v) is 1.71. The number of pyridine rings is 1. The summed E-state index contributed by atoms with van der Waals surface area (Å²) < 4.78 is 14.3.